The van der Waals surface area contributed by atoms with E-state index in [2.05, 4.69) is 0 Å². The van der Waals surface area contributed by atoms with Gasteiger partial charge in [0.15, 0.2) is 0 Å². The second-order valence-electron chi connectivity index (χ2n) is 0.900. The Balaban J connectivity index is -0.00000000121. The van der Waals surface area contributed by atoms with Crippen molar-refractivity contribution in [3.8, 4) is 0 Å². The molecule has 0 bridgehead atoms. The fourth-order valence-electron chi connectivity index (χ4n) is 0. The number of hydrogen-bond donors (Lipinski definition) is 0. The molecule has 0 amide bonds. The van der Waals surface area contributed by atoms with E-state index in [1.807, 2.05) is 0 Å². The fourth-order valence-corrected chi connectivity index (χ4v) is 0. The average molecular weight is 498 g/mol. The molecule has 0 aromatic carbocycles. The summed E-state index contributed by atoms with van der Waals surface area (Å²) in [6.07, 6.45) is 0. The van der Waals surface area contributed by atoms with Crippen molar-refractivity contribution in [2.75, 3.05) is 0 Å². The van der Waals surface area contributed by atoms with E-state index in [1.165, 1.54) is 0 Å². The zero-order valence-corrected chi connectivity index (χ0v) is 20.4. The van der Waals surface area contributed by atoms with Gasteiger partial charge in [-0.2, -0.15) is 0 Å². The summed E-state index contributed by atoms with van der Waals surface area (Å²) in [6.45, 7) is 0.972. The van der Waals surface area contributed by atoms with Crippen LogP contribution < -0.4 is 64.2 Å². The Hall–Kier alpha value is 1.27. The second-order valence-corrected chi connectivity index (χ2v) is 1.72. The Morgan fingerprint density at radius 3 is 0.556 bits per heavy atom. The van der Waals surface area contributed by atoms with Crippen molar-refractivity contribution in [1.29, 1.82) is 0 Å². The van der Waals surface area contributed by atoms with Crippen LogP contribution in [0.15, 0.2) is 0 Å². The molecule has 0 radical (unpaired) electrons. The summed E-state index contributed by atoms with van der Waals surface area (Å²) in [4.78, 5) is 8.89. The van der Waals surface area contributed by atoms with Gasteiger partial charge in [-0.25, -0.2) is 0 Å². The number of carbonyl (C=O) groups excluding carboxylic acids is 1. The van der Waals surface area contributed by atoms with Crippen LogP contribution in [-0.4, -0.2) is 123 Å². The third kappa shape index (κ3) is 10800. The second kappa shape index (κ2) is 178. The maximum absolute atomic E-state index is 8.89. The van der Waals surface area contributed by atoms with E-state index in [-0.39, 0.29) is 159 Å². The minimum Gasteiger partial charge on any atom is -0.759 e. The largest absolute Gasteiger partial charge is 3.00 e. The van der Waals surface area contributed by atoms with Gasteiger partial charge in [-0.3, -0.25) is 8.42 Å². The summed E-state index contributed by atoms with van der Waals surface area (Å²) in [6, 6.07) is 0. The van der Waals surface area contributed by atoms with Crippen LogP contribution in [0.2, 0.25) is 0 Å². The molecule has 0 saturated carbocycles. The maximum atomic E-state index is 8.89. The van der Waals surface area contributed by atoms with Crippen LogP contribution in [0.25, 0.3) is 0 Å². The van der Waals surface area contributed by atoms with Crippen molar-refractivity contribution < 1.29 is 169 Å². The predicted molar refractivity (Wildman–Crippen MR) is 81.1 cm³/mol. The van der Waals surface area contributed by atoms with E-state index in [1.54, 1.807) is 0 Å². The van der Waals surface area contributed by atoms with Crippen molar-refractivity contribution in [3.05, 3.63) is 0 Å². The molecular formula is C2H33AlNa2O21S+2. The molecule has 25 heteroatoms. The standard InChI is InChI=1S/C2H4O2.Al.2Na.H2O4S.15H2O/c1-2(3)4;;;;1-5(2,3)4;;;;;;;;;;;;;;;/h1H3,(H,3,4);;;;(H2,1,2,3,4);15*1H2/q;+3;2*+1;;;;;;;;;;;;;;;;/p-3. The number of carbonyl (C=O) groups is 1. The van der Waals surface area contributed by atoms with E-state index in [0.717, 1.165) is 6.92 Å². The summed E-state index contributed by atoms with van der Waals surface area (Å²) in [5.74, 6) is -1.08. The van der Waals surface area contributed by atoms with Crippen LogP contribution in [0.4, 0.5) is 0 Å². The Labute approximate surface area is 208 Å². The summed E-state index contributed by atoms with van der Waals surface area (Å²) in [5, 5.41) is 8.89. The van der Waals surface area contributed by atoms with Gasteiger partial charge in [0.2, 0.25) is 0 Å². The molecule has 176 valence electrons. The molecule has 0 aliphatic heterocycles. The van der Waals surface area contributed by atoms with Crippen LogP contribution >= 0.6 is 0 Å². The molecule has 0 spiro atoms. The Morgan fingerprint density at radius 2 is 0.556 bits per heavy atom. The normalized spacial score (nSPS) is 3.07. The molecule has 0 saturated heterocycles. The van der Waals surface area contributed by atoms with Crippen molar-refractivity contribution in [2.24, 2.45) is 0 Å². The fraction of sp³-hybridized carbons (Fsp3) is 0.500. The molecule has 0 rings (SSSR count). The van der Waals surface area contributed by atoms with E-state index in [4.69, 9.17) is 27.4 Å². The van der Waals surface area contributed by atoms with E-state index in [0.29, 0.717) is 0 Å². The molecule has 0 aliphatic rings. The molecule has 30 N–H and O–H groups in total. The van der Waals surface area contributed by atoms with Crippen molar-refractivity contribution in [2.45, 2.75) is 6.92 Å². The monoisotopic (exact) mass is 498 g/mol. The summed E-state index contributed by atoms with van der Waals surface area (Å²) in [5.41, 5.74) is 0. The van der Waals surface area contributed by atoms with Gasteiger partial charge in [0.05, 0.1) is 0 Å². The molecule has 0 unspecified atom stereocenters. The first-order valence-electron chi connectivity index (χ1n) is 1.57. The number of carboxylic acid groups (broad SMARTS) is 1. The minimum absolute atomic E-state index is 0. The molecule has 27 heavy (non-hydrogen) atoms. The van der Waals surface area contributed by atoms with Gasteiger partial charge in [-0.1, -0.05) is 0 Å². The summed E-state index contributed by atoms with van der Waals surface area (Å²) >= 11 is 0. The molecule has 0 aromatic heterocycles. The van der Waals surface area contributed by atoms with Crippen molar-refractivity contribution in [3.63, 3.8) is 0 Å². The summed E-state index contributed by atoms with van der Waals surface area (Å²) in [7, 11) is -5.17. The van der Waals surface area contributed by atoms with Gasteiger partial charge in [0.1, 0.15) is 0 Å². The number of rotatable bonds is 0. The van der Waals surface area contributed by atoms with Crippen molar-refractivity contribution in [1.82, 2.24) is 0 Å². The van der Waals surface area contributed by atoms with Crippen LogP contribution in [0.5, 0.6) is 0 Å². The first-order chi connectivity index (χ1) is 3.73. The smallest absolute Gasteiger partial charge is 0.759 e. The van der Waals surface area contributed by atoms with Crippen LogP contribution in [0, 0.1) is 0 Å². The van der Waals surface area contributed by atoms with Gasteiger partial charge in [0.25, 0.3) is 0 Å². The molecule has 0 atom stereocenters. The molecular weight excluding hydrogens is 465 g/mol. The average Bonchev–Trinajstić information content (AvgIpc) is 1.19. The molecule has 0 heterocycles. The van der Waals surface area contributed by atoms with Gasteiger partial charge in [-0.15, -0.1) is 0 Å². The van der Waals surface area contributed by atoms with Gasteiger partial charge >= 0.3 is 76.5 Å². The molecule has 0 aromatic rings. The molecule has 0 fully saturated rings. The Morgan fingerprint density at radius 1 is 0.556 bits per heavy atom. The first-order valence-corrected chi connectivity index (χ1v) is 2.91. The van der Waals surface area contributed by atoms with Crippen LogP contribution in [-0.2, 0) is 15.2 Å². The van der Waals surface area contributed by atoms with Crippen LogP contribution in [0.3, 0.4) is 0 Å². The Bertz CT molecular complexity index is 175. The minimum atomic E-state index is -5.17. The number of hydrogen-bond acceptors (Lipinski definition) is 6. The third-order valence-corrected chi connectivity index (χ3v) is 0. The van der Waals surface area contributed by atoms with E-state index >= 15 is 0 Å². The van der Waals surface area contributed by atoms with Gasteiger partial charge in [-0.05, 0) is 6.92 Å². The summed E-state index contributed by atoms with van der Waals surface area (Å²) < 4.78 is 34.1. The maximum Gasteiger partial charge on any atom is 3.00 e. The zero-order chi connectivity index (χ0) is 8.08. The SMILES string of the molecule is CC(=O)[O-].O.O.O.O.O.O.O.O.O.O.O.O.O.O.O.O=S(=O)([O-])[O-].[Al+3].[Na+].[Na+]. The first kappa shape index (κ1) is 307. The van der Waals surface area contributed by atoms with E-state index < -0.39 is 16.4 Å². The van der Waals surface area contributed by atoms with Crippen LogP contribution in [0.1, 0.15) is 6.92 Å². The predicted octanol–water partition coefficient (Wildman–Crippen LogP) is -21.3. The molecule has 21 nitrogen and oxygen atoms in total. The topological polar surface area (TPSA) is 593 Å². The molecule has 0 aliphatic carbocycles. The zero-order valence-electron chi connectivity index (χ0n) is 14.4. The van der Waals surface area contributed by atoms with E-state index in [9.17, 15) is 0 Å². The van der Waals surface area contributed by atoms with Crippen molar-refractivity contribution >= 4 is 33.7 Å². The van der Waals surface area contributed by atoms with Gasteiger partial charge < -0.3 is 101 Å². The third-order valence-electron chi connectivity index (χ3n) is 0. The van der Waals surface area contributed by atoms with Gasteiger partial charge in [0, 0.05) is 16.4 Å². The quantitative estimate of drug-likeness (QED) is 0.177. The Kier molecular flexibility index (Phi) is 2030. The number of carboxylic acids is 1. The number of aliphatic carboxylic acids is 1.